The Morgan fingerprint density at radius 3 is 2.12 bits per heavy atom. The zero-order valence-electron chi connectivity index (χ0n) is 8.49. The predicted molar refractivity (Wildman–Crippen MR) is 49.1 cm³/mol. The smallest absolute Gasteiger partial charge is 0.325 e. The lowest BCUT2D eigenvalue weighted by Gasteiger charge is -2.15. The normalized spacial score (nSPS) is 12.9. The molecule has 0 spiro atoms. The van der Waals surface area contributed by atoms with Crippen LogP contribution in [0.3, 0.4) is 0 Å². The Morgan fingerprint density at radius 2 is 1.65 bits per heavy atom. The molecule has 0 fully saturated rings. The van der Waals surface area contributed by atoms with Gasteiger partial charge in [0, 0.05) is 6.42 Å². The Bertz CT molecular complexity index is 398. The van der Waals surface area contributed by atoms with Crippen LogP contribution in [-0.2, 0) is 12.6 Å². The molecule has 0 aromatic heterocycles. The van der Waals surface area contributed by atoms with Crippen LogP contribution in [0.4, 0.5) is 26.3 Å². The van der Waals surface area contributed by atoms with Crippen LogP contribution >= 0.6 is 0 Å². The van der Waals surface area contributed by atoms with Gasteiger partial charge in [-0.15, -0.1) is 0 Å². The van der Waals surface area contributed by atoms with Crippen LogP contribution in [0.2, 0.25) is 0 Å². The minimum absolute atomic E-state index is 0.374. The maximum atomic E-state index is 13.1. The summed E-state index contributed by atoms with van der Waals surface area (Å²) in [5.41, 5.74) is 2.87. The molecular formula is C10H9F6N. The number of halogens is 6. The van der Waals surface area contributed by atoms with Crippen LogP contribution in [-0.4, -0.2) is 12.5 Å². The van der Waals surface area contributed by atoms with Crippen molar-refractivity contribution in [1.82, 2.24) is 0 Å². The molecule has 7 heteroatoms. The SMILES string of the molecule is NCC(F)(F)Cc1cc(C(F)(F)F)ccc1F. The van der Waals surface area contributed by atoms with Crippen LogP contribution in [0.5, 0.6) is 0 Å². The van der Waals surface area contributed by atoms with E-state index in [9.17, 15) is 26.3 Å². The number of rotatable bonds is 3. The fourth-order valence-electron chi connectivity index (χ4n) is 1.24. The van der Waals surface area contributed by atoms with Crippen molar-refractivity contribution < 1.29 is 26.3 Å². The summed E-state index contributed by atoms with van der Waals surface area (Å²) >= 11 is 0. The van der Waals surface area contributed by atoms with Gasteiger partial charge in [0.05, 0.1) is 12.1 Å². The van der Waals surface area contributed by atoms with Crippen molar-refractivity contribution >= 4 is 0 Å². The maximum absolute atomic E-state index is 13.1. The van der Waals surface area contributed by atoms with Gasteiger partial charge in [0.25, 0.3) is 5.92 Å². The highest BCUT2D eigenvalue weighted by molar-refractivity contribution is 5.28. The molecule has 0 aliphatic rings. The van der Waals surface area contributed by atoms with Crippen molar-refractivity contribution in [3.8, 4) is 0 Å². The van der Waals surface area contributed by atoms with Crippen molar-refractivity contribution in [3.63, 3.8) is 0 Å². The van der Waals surface area contributed by atoms with Gasteiger partial charge >= 0.3 is 6.18 Å². The molecule has 96 valence electrons. The zero-order valence-corrected chi connectivity index (χ0v) is 8.49. The molecule has 1 aromatic carbocycles. The van der Waals surface area contributed by atoms with Crippen LogP contribution in [0.25, 0.3) is 0 Å². The first-order valence-electron chi connectivity index (χ1n) is 4.59. The minimum Gasteiger partial charge on any atom is -0.325 e. The minimum atomic E-state index is -4.69. The van der Waals surface area contributed by atoms with E-state index in [1.54, 1.807) is 0 Å². The van der Waals surface area contributed by atoms with Crippen LogP contribution in [0, 0.1) is 5.82 Å². The van der Waals surface area contributed by atoms with E-state index in [0.717, 1.165) is 0 Å². The summed E-state index contributed by atoms with van der Waals surface area (Å²) in [7, 11) is 0. The van der Waals surface area contributed by atoms with Gasteiger partial charge in [-0.05, 0) is 23.8 Å². The van der Waals surface area contributed by atoms with Gasteiger partial charge in [0.15, 0.2) is 0 Å². The molecule has 0 unspecified atom stereocenters. The summed E-state index contributed by atoms with van der Waals surface area (Å²) < 4.78 is 75.7. The second kappa shape index (κ2) is 4.56. The monoisotopic (exact) mass is 257 g/mol. The lowest BCUT2D eigenvalue weighted by atomic mass is 10.0. The van der Waals surface area contributed by atoms with E-state index in [1.807, 2.05) is 0 Å². The Hall–Kier alpha value is -1.24. The molecule has 1 rings (SSSR count). The average molecular weight is 257 g/mol. The summed E-state index contributed by atoms with van der Waals surface area (Å²) in [6, 6.07) is 1.39. The molecule has 0 radical (unpaired) electrons. The lowest BCUT2D eigenvalue weighted by molar-refractivity contribution is -0.137. The van der Waals surface area contributed by atoms with Crippen LogP contribution < -0.4 is 5.73 Å². The van der Waals surface area contributed by atoms with Gasteiger partial charge < -0.3 is 5.73 Å². The first-order valence-corrected chi connectivity index (χ1v) is 4.59. The third-order valence-electron chi connectivity index (χ3n) is 2.12. The highest BCUT2D eigenvalue weighted by Crippen LogP contribution is 2.31. The molecular weight excluding hydrogens is 248 g/mol. The highest BCUT2D eigenvalue weighted by atomic mass is 19.4. The molecule has 0 atom stereocenters. The van der Waals surface area contributed by atoms with E-state index in [2.05, 4.69) is 0 Å². The van der Waals surface area contributed by atoms with Gasteiger partial charge in [0.2, 0.25) is 0 Å². The van der Waals surface area contributed by atoms with Crippen LogP contribution in [0.15, 0.2) is 18.2 Å². The molecule has 17 heavy (non-hydrogen) atoms. The quantitative estimate of drug-likeness (QED) is 0.828. The maximum Gasteiger partial charge on any atom is 0.416 e. The van der Waals surface area contributed by atoms with Crippen molar-refractivity contribution in [2.45, 2.75) is 18.5 Å². The molecule has 2 N–H and O–H groups in total. The Labute approximate surface area is 93.2 Å². The summed E-state index contributed by atoms with van der Waals surface area (Å²) in [6.45, 7) is -1.05. The van der Waals surface area contributed by atoms with E-state index in [4.69, 9.17) is 5.73 Å². The fourth-order valence-corrected chi connectivity index (χ4v) is 1.24. The second-order valence-corrected chi connectivity index (χ2v) is 3.54. The van der Waals surface area contributed by atoms with Gasteiger partial charge in [0.1, 0.15) is 5.82 Å². The average Bonchev–Trinajstić information content (AvgIpc) is 2.19. The van der Waals surface area contributed by atoms with Gasteiger partial charge in [-0.3, -0.25) is 0 Å². The van der Waals surface area contributed by atoms with Crippen molar-refractivity contribution in [1.29, 1.82) is 0 Å². The van der Waals surface area contributed by atoms with E-state index in [1.165, 1.54) is 0 Å². The standard InChI is InChI=1S/C10H9F6N/c11-8-2-1-7(10(14,15)16)3-6(8)4-9(12,13)5-17/h1-3H,4-5,17H2. The fraction of sp³-hybridized carbons (Fsp3) is 0.400. The molecule has 1 aromatic rings. The lowest BCUT2D eigenvalue weighted by Crippen LogP contribution is -2.30. The first-order chi connectivity index (χ1) is 7.65. The second-order valence-electron chi connectivity index (χ2n) is 3.54. The summed E-state index contributed by atoms with van der Waals surface area (Å²) in [6.07, 6.45) is -5.85. The number of alkyl halides is 5. The Kier molecular flexibility index (Phi) is 3.71. The molecule has 0 saturated carbocycles. The van der Waals surface area contributed by atoms with Crippen LogP contribution in [0.1, 0.15) is 11.1 Å². The predicted octanol–water partition coefficient (Wildman–Crippen LogP) is 2.98. The van der Waals surface area contributed by atoms with E-state index < -0.39 is 42.0 Å². The largest absolute Gasteiger partial charge is 0.416 e. The third kappa shape index (κ3) is 3.62. The van der Waals surface area contributed by atoms with Gasteiger partial charge in [-0.25, -0.2) is 13.2 Å². The van der Waals surface area contributed by atoms with Crippen molar-refractivity contribution in [3.05, 3.63) is 35.1 Å². The van der Waals surface area contributed by atoms with Gasteiger partial charge in [-0.1, -0.05) is 0 Å². The van der Waals surface area contributed by atoms with Crippen molar-refractivity contribution in [2.24, 2.45) is 5.73 Å². The highest BCUT2D eigenvalue weighted by Gasteiger charge is 2.33. The van der Waals surface area contributed by atoms with E-state index >= 15 is 0 Å². The topological polar surface area (TPSA) is 26.0 Å². The zero-order chi connectivity index (χ0) is 13.3. The van der Waals surface area contributed by atoms with E-state index in [0.29, 0.717) is 18.2 Å². The molecule has 0 saturated heterocycles. The van der Waals surface area contributed by atoms with Gasteiger partial charge in [-0.2, -0.15) is 13.2 Å². The first kappa shape index (κ1) is 13.8. The Balaban J connectivity index is 3.08. The molecule has 0 amide bonds. The molecule has 1 nitrogen and oxygen atoms in total. The number of nitrogens with two attached hydrogens (primary N) is 1. The summed E-state index contributed by atoms with van der Waals surface area (Å²) in [5.74, 6) is -4.53. The number of benzene rings is 1. The summed E-state index contributed by atoms with van der Waals surface area (Å²) in [4.78, 5) is 0. The third-order valence-corrected chi connectivity index (χ3v) is 2.12. The molecule has 0 aliphatic heterocycles. The van der Waals surface area contributed by atoms with Crippen molar-refractivity contribution in [2.75, 3.05) is 6.54 Å². The Morgan fingerprint density at radius 1 is 1.06 bits per heavy atom. The molecule has 0 bridgehead atoms. The molecule has 0 aliphatic carbocycles. The van der Waals surface area contributed by atoms with E-state index in [-0.39, 0.29) is 0 Å². The number of hydrogen-bond acceptors (Lipinski definition) is 1. The number of hydrogen-bond donors (Lipinski definition) is 1. The molecule has 0 heterocycles. The summed E-state index contributed by atoms with van der Waals surface area (Å²) in [5, 5.41) is 0.